The number of benzene rings is 2. The van der Waals surface area contributed by atoms with E-state index in [0.29, 0.717) is 36.0 Å². The van der Waals surface area contributed by atoms with Gasteiger partial charge < -0.3 is 25.4 Å². The van der Waals surface area contributed by atoms with Crippen LogP contribution in [0.5, 0.6) is 0 Å². The van der Waals surface area contributed by atoms with Gasteiger partial charge in [0.25, 0.3) is 23.6 Å². The highest BCUT2D eigenvalue weighted by molar-refractivity contribution is 6.25. The van der Waals surface area contributed by atoms with Crippen LogP contribution in [0, 0.1) is 0 Å². The highest BCUT2D eigenvalue weighted by Crippen LogP contribution is 2.35. The zero-order valence-corrected chi connectivity index (χ0v) is 31.0. The van der Waals surface area contributed by atoms with E-state index in [2.05, 4.69) is 30.8 Å². The second-order valence-electron chi connectivity index (χ2n) is 14.5. The largest absolute Gasteiger partial charge is 0.384 e. The maximum absolute atomic E-state index is 13.3. The van der Waals surface area contributed by atoms with E-state index >= 15 is 0 Å². The Bertz CT molecular complexity index is 2160. The van der Waals surface area contributed by atoms with Crippen molar-refractivity contribution in [3.8, 4) is 0 Å². The molecular weight excluding hydrogens is 702 g/mol. The predicted octanol–water partition coefficient (Wildman–Crippen LogP) is 4.80. The van der Waals surface area contributed by atoms with Crippen molar-refractivity contribution in [2.24, 2.45) is 0 Å². The lowest BCUT2D eigenvalue weighted by Gasteiger charge is -2.27. The second kappa shape index (κ2) is 16.1. The molecule has 1 saturated heterocycles. The number of nitrogens with one attached hydrogen (secondary N) is 4. The number of nitrogens with zero attached hydrogens (tertiary/aromatic N) is 5. The molecular formula is C40H45N9O6. The summed E-state index contributed by atoms with van der Waals surface area (Å²) in [5.74, 6) is -1.93. The van der Waals surface area contributed by atoms with Crippen molar-refractivity contribution in [1.29, 1.82) is 0 Å². The molecule has 286 valence electrons. The first-order valence-electron chi connectivity index (χ1n) is 18.9. The van der Waals surface area contributed by atoms with Gasteiger partial charge in [-0.2, -0.15) is 4.98 Å². The Hall–Kier alpha value is -6.12. The van der Waals surface area contributed by atoms with Crippen LogP contribution < -0.4 is 21.3 Å². The summed E-state index contributed by atoms with van der Waals surface area (Å²) < 4.78 is 2.08. The normalized spacial score (nSPS) is 17.1. The minimum Gasteiger partial charge on any atom is -0.384 e. The third-order valence-corrected chi connectivity index (χ3v) is 10.5. The first kappa shape index (κ1) is 37.2. The van der Waals surface area contributed by atoms with E-state index in [1.807, 2.05) is 18.2 Å². The average molecular weight is 748 g/mol. The molecule has 4 aromatic rings. The van der Waals surface area contributed by atoms with Gasteiger partial charge >= 0.3 is 0 Å². The van der Waals surface area contributed by atoms with E-state index in [1.165, 1.54) is 0 Å². The molecule has 1 atom stereocenters. The van der Waals surface area contributed by atoms with Crippen LogP contribution in [0.15, 0.2) is 54.7 Å². The Morgan fingerprint density at radius 3 is 2.38 bits per heavy atom. The minimum atomic E-state index is -1.01. The molecule has 1 saturated carbocycles. The molecule has 0 bridgehead atoms. The van der Waals surface area contributed by atoms with Crippen LogP contribution in [0.4, 0.5) is 17.3 Å². The molecule has 0 spiro atoms. The first-order chi connectivity index (χ1) is 26.6. The molecule has 1 unspecified atom stereocenters. The lowest BCUT2D eigenvalue weighted by atomic mass is 10.0. The Labute approximate surface area is 318 Å². The number of imide groups is 2. The molecule has 4 heterocycles. The molecule has 7 rings (SSSR count). The molecule has 2 fully saturated rings. The van der Waals surface area contributed by atoms with Gasteiger partial charge in [-0.25, -0.2) is 4.98 Å². The van der Waals surface area contributed by atoms with E-state index in [4.69, 9.17) is 4.98 Å². The van der Waals surface area contributed by atoms with Gasteiger partial charge in [-0.1, -0.05) is 31.7 Å². The van der Waals surface area contributed by atoms with Crippen molar-refractivity contribution in [2.75, 3.05) is 37.8 Å². The number of aromatic nitrogens is 3. The fraction of sp³-hybridized carbons (Fsp3) is 0.400. The highest BCUT2D eigenvalue weighted by Gasteiger charge is 2.45. The first-order valence-corrected chi connectivity index (χ1v) is 18.9. The third-order valence-electron chi connectivity index (χ3n) is 10.5. The number of hydrogen-bond donors (Lipinski definition) is 4. The Kier molecular flexibility index (Phi) is 10.9. The number of carbonyl (C=O) groups excluding carboxylic acids is 6. The maximum atomic E-state index is 13.3. The average Bonchev–Trinajstić information content (AvgIpc) is 3.90. The van der Waals surface area contributed by atoms with Crippen molar-refractivity contribution in [2.45, 2.75) is 76.3 Å². The van der Waals surface area contributed by atoms with Crippen LogP contribution in [0.25, 0.3) is 11.0 Å². The van der Waals surface area contributed by atoms with Crippen molar-refractivity contribution in [1.82, 2.24) is 35.0 Å². The summed E-state index contributed by atoms with van der Waals surface area (Å²) in [7, 11) is 3.50. The quantitative estimate of drug-likeness (QED) is 0.103. The Morgan fingerprint density at radius 1 is 0.909 bits per heavy atom. The number of fused-ring (bicyclic) bond motifs is 2. The molecule has 6 amide bonds. The van der Waals surface area contributed by atoms with Gasteiger partial charge in [-0.15, -0.1) is 0 Å². The fourth-order valence-corrected chi connectivity index (χ4v) is 7.62. The van der Waals surface area contributed by atoms with Gasteiger partial charge in [0.1, 0.15) is 17.4 Å². The predicted molar refractivity (Wildman–Crippen MR) is 205 cm³/mol. The highest BCUT2D eigenvalue weighted by atomic mass is 16.2. The monoisotopic (exact) mass is 747 g/mol. The number of piperidine rings is 1. The van der Waals surface area contributed by atoms with Crippen LogP contribution in [-0.4, -0.2) is 93.0 Å². The van der Waals surface area contributed by atoms with Gasteiger partial charge in [0.15, 0.2) is 0 Å². The molecule has 3 aliphatic rings. The molecule has 15 nitrogen and oxygen atoms in total. The Balaban J connectivity index is 0.851. The Morgan fingerprint density at radius 2 is 1.65 bits per heavy atom. The molecule has 4 N–H and O–H groups in total. The molecule has 55 heavy (non-hydrogen) atoms. The van der Waals surface area contributed by atoms with Crippen LogP contribution >= 0.6 is 0 Å². The van der Waals surface area contributed by atoms with Crippen molar-refractivity contribution >= 4 is 63.8 Å². The smallest absolute Gasteiger partial charge is 0.270 e. The van der Waals surface area contributed by atoms with Gasteiger partial charge in [0, 0.05) is 68.2 Å². The summed E-state index contributed by atoms with van der Waals surface area (Å²) in [5, 5.41) is 12.5. The van der Waals surface area contributed by atoms with Crippen LogP contribution in [0.2, 0.25) is 0 Å². The lowest BCUT2D eigenvalue weighted by molar-refractivity contribution is -0.136. The molecule has 15 heteroatoms. The van der Waals surface area contributed by atoms with E-state index in [-0.39, 0.29) is 41.8 Å². The van der Waals surface area contributed by atoms with Crippen molar-refractivity contribution in [3.05, 3.63) is 77.1 Å². The maximum Gasteiger partial charge on any atom is 0.270 e. The van der Waals surface area contributed by atoms with E-state index in [1.54, 1.807) is 55.5 Å². The van der Waals surface area contributed by atoms with Crippen LogP contribution in [0.3, 0.4) is 0 Å². The summed E-state index contributed by atoms with van der Waals surface area (Å²) in [6.07, 6.45) is 9.56. The van der Waals surface area contributed by atoms with Crippen LogP contribution in [-0.2, 0) is 9.59 Å². The number of amides is 6. The van der Waals surface area contributed by atoms with E-state index < -0.39 is 29.7 Å². The zero-order chi connectivity index (χ0) is 38.6. The van der Waals surface area contributed by atoms with Gasteiger partial charge in [0.2, 0.25) is 17.8 Å². The number of unbranched alkanes of at least 4 members (excludes halogenated alkanes) is 3. The topological polar surface area (TPSA) is 188 Å². The summed E-state index contributed by atoms with van der Waals surface area (Å²) in [6, 6.07) is 13.2. The lowest BCUT2D eigenvalue weighted by Crippen LogP contribution is -2.54. The van der Waals surface area contributed by atoms with E-state index in [0.717, 1.165) is 73.0 Å². The second-order valence-corrected chi connectivity index (χ2v) is 14.5. The van der Waals surface area contributed by atoms with Crippen LogP contribution in [0.1, 0.15) is 112 Å². The van der Waals surface area contributed by atoms with Gasteiger partial charge in [-0.05, 0) is 74.6 Å². The molecule has 2 aromatic carbocycles. The summed E-state index contributed by atoms with van der Waals surface area (Å²) in [6.45, 7) is 1.10. The summed E-state index contributed by atoms with van der Waals surface area (Å²) in [4.78, 5) is 88.0. The van der Waals surface area contributed by atoms with Crippen molar-refractivity contribution in [3.63, 3.8) is 0 Å². The van der Waals surface area contributed by atoms with Gasteiger partial charge in [0.05, 0.1) is 11.1 Å². The number of carbonyl (C=O) groups is 6. The molecule has 2 aromatic heterocycles. The number of hydrogen-bond acceptors (Lipinski definition) is 10. The SMILES string of the molecule is CN(C)C(=O)c1cc2cnc(Nc3ccc(C(=O)NCCCCCCNc4cccc5c4C(=O)N(C4CCC(=O)NC4=O)C5=O)cc3)nc2n1C1CCCC1. The van der Waals surface area contributed by atoms with E-state index in [9.17, 15) is 28.8 Å². The molecule has 1 aliphatic carbocycles. The number of anilines is 3. The number of rotatable bonds is 14. The molecule has 2 aliphatic heterocycles. The van der Waals surface area contributed by atoms with Crippen molar-refractivity contribution < 1.29 is 28.8 Å². The minimum absolute atomic E-state index is 0.0592. The fourth-order valence-electron chi connectivity index (χ4n) is 7.62. The standard InChI is InChI=1S/C40H45N9O6/c1-47(2)38(54)31-22-25-23-43-40(46-34(25)48(31)27-10-5-6-11-27)44-26-16-14-24(15-17-26)35(51)42-21-8-4-3-7-20-41-29-13-9-12-28-33(29)39(55)49(37(28)53)30-18-19-32(50)45-36(30)52/h9,12-17,22-23,27,30,41H,3-8,10-11,18-21H2,1-2H3,(H,42,51)(H,43,44,46)(H,45,50,52). The zero-order valence-electron chi connectivity index (χ0n) is 31.0. The van der Waals surface area contributed by atoms with Gasteiger partial charge in [-0.3, -0.25) is 39.0 Å². The molecule has 0 radical (unpaired) electrons. The summed E-state index contributed by atoms with van der Waals surface area (Å²) >= 11 is 0. The third kappa shape index (κ3) is 7.77. The summed E-state index contributed by atoms with van der Waals surface area (Å²) in [5.41, 5.74) is 3.65.